The highest BCUT2D eigenvalue weighted by Gasteiger charge is 2.42. The highest BCUT2D eigenvalue weighted by molar-refractivity contribution is 5.96. The van der Waals surface area contributed by atoms with Gasteiger partial charge >= 0.3 is 30.3 Å². The summed E-state index contributed by atoms with van der Waals surface area (Å²) < 4.78 is 91.7. The van der Waals surface area contributed by atoms with Crippen LogP contribution in [0.1, 0.15) is 23.6 Å². The minimum Gasteiger partial charge on any atom is -0.468 e. The smallest absolute Gasteiger partial charge is 0.416 e. The molecular weight excluding hydrogens is 480 g/mol. The summed E-state index contributed by atoms with van der Waals surface area (Å²) in [7, 11) is 2.81. The van der Waals surface area contributed by atoms with Crippen LogP contribution >= 0.6 is 0 Å². The largest absolute Gasteiger partial charge is 0.468 e. The van der Waals surface area contributed by atoms with E-state index in [9.17, 15) is 45.5 Å². The van der Waals surface area contributed by atoms with Gasteiger partial charge in [0.25, 0.3) is 0 Å². The van der Waals surface area contributed by atoms with Gasteiger partial charge in [-0.2, -0.15) is 26.3 Å². The lowest BCUT2D eigenvalue weighted by molar-refractivity contribution is -0.163. The number of hydrogen-bond acceptors (Lipinski definition) is 7. The molecule has 0 aromatic heterocycles. The molecule has 0 spiro atoms. The fourth-order valence-corrected chi connectivity index (χ4v) is 3.04. The molecule has 0 saturated carbocycles. The molecule has 0 aliphatic rings. The molecular formula is C20H21F6NO7. The van der Waals surface area contributed by atoms with Crippen LogP contribution in [-0.4, -0.2) is 51.2 Å². The summed E-state index contributed by atoms with van der Waals surface area (Å²) in [6.07, 6.45) is -11.2. The molecule has 0 aliphatic heterocycles. The van der Waals surface area contributed by atoms with Crippen molar-refractivity contribution in [1.82, 2.24) is 5.32 Å². The van der Waals surface area contributed by atoms with Crippen molar-refractivity contribution >= 4 is 23.8 Å². The van der Waals surface area contributed by atoms with E-state index >= 15 is 0 Å². The molecule has 0 unspecified atom stereocenters. The van der Waals surface area contributed by atoms with E-state index in [2.05, 4.69) is 19.5 Å². The molecule has 0 radical (unpaired) electrons. The number of rotatable bonds is 8. The van der Waals surface area contributed by atoms with E-state index < -0.39 is 77.2 Å². The van der Waals surface area contributed by atoms with Gasteiger partial charge in [-0.3, -0.25) is 14.4 Å². The molecule has 0 bridgehead atoms. The number of esters is 3. The predicted octanol–water partition coefficient (Wildman–Crippen LogP) is 2.52. The van der Waals surface area contributed by atoms with Crippen LogP contribution in [0.3, 0.4) is 0 Å². The number of methoxy groups -OCH3 is 3. The van der Waals surface area contributed by atoms with Gasteiger partial charge in [-0.1, -0.05) is 6.92 Å². The van der Waals surface area contributed by atoms with Crippen LogP contribution in [-0.2, 0) is 52.2 Å². The molecule has 1 aromatic carbocycles. The van der Waals surface area contributed by atoms with E-state index in [0.29, 0.717) is 12.1 Å². The molecule has 190 valence electrons. The summed E-state index contributed by atoms with van der Waals surface area (Å²) in [5, 5.41) is 2.08. The first-order valence-corrected chi connectivity index (χ1v) is 9.38. The molecule has 14 heteroatoms. The molecule has 0 heterocycles. The highest BCUT2D eigenvalue weighted by Crippen LogP contribution is 2.36. The summed E-state index contributed by atoms with van der Waals surface area (Å²) in [6.45, 7) is 1.19. The Morgan fingerprint density at radius 2 is 1.21 bits per heavy atom. The van der Waals surface area contributed by atoms with Crippen molar-refractivity contribution in [2.45, 2.75) is 31.7 Å². The second-order valence-electron chi connectivity index (χ2n) is 7.04. The van der Waals surface area contributed by atoms with Crippen molar-refractivity contribution in [2.75, 3.05) is 21.3 Å². The lowest BCUT2D eigenvalue weighted by Gasteiger charge is -2.27. The maximum Gasteiger partial charge on any atom is 0.416 e. The van der Waals surface area contributed by atoms with Crippen molar-refractivity contribution in [2.24, 2.45) is 11.8 Å². The first-order valence-electron chi connectivity index (χ1n) is 9.38. The number of ether oxygens (including phenoxy) is 3. The second kappa shape index (κ2) is 11.2. The minimum atomic E-state index is -5.12. The fourth-order valence-electron chi connectivity index (χ4n) is 3.04. The van der Waals surface area contributed by atoms with Crippen molar-refractivity contribution < 1.29 is 59.7 Å². The van der Waals surface area contributed by atoms with Crippen LogP contribution in [0.25, 0.3) is 0 Å². The molecule has 0 saturated heterocycles. The molecule has 0 fully saturated rings. The number of nitrogens with one attached hydrogen (secondary N) is 1. The van der Waals surface area contributed by atoms with Crippen LogP contribution in [0.2, 0.25) is 0 Å². The Labute approximate surface area is 189 Å². The topological polar surface area (TPSA) is 108 Å². The molecule has 0 aliphatic carbocycles. The van der Waals surface area contributed by atoms with Gasteiger partial charge in [-0.05, 0) is 23.8 Å². The molecule has 1 N–H and O–H groups in total. The Hall–Kier alpha value is -3.32. The van der Waals surface area contributed by atoms with E-state index in [-0.39, 0.29) is 6.07 Å². The quantitative estimate of drug-likeness (QED) is 0.253. The Morgan fingerprint density at radius 1 is 0.794 bits per heavy atom. The lowest BCUT2D eigenvalue weighted by atomic mass is 9.87. The first kappa shape index (κ1) is 28.7. The minimum absolute atomic E-state index is 0.0992. The van der Waals surface area contributed by atoms with Crippen LogP contribution in [0.15, 0.2) is 18.2 Å². The monoisotopic (exact) mass is 501 g/mol. The van der Waals surface area contributed by atoms with E-state index in [1.165, 1.54) is 6.92 Å². The number of carbonyl (C=O) groups is 4. The van der Waals surface area contributed by atoms with Crippen molar-refractivity contribution in [3.8, 4) is 0 Å². The third kappa shape index (κ3) is 7.35. The summed E-state index contributed by atoms with van der Waals surface area (Å²) in [6, 6.07) is -1.08. The van der Waals surface area contributed by atoms with Crippen LogP contribution < -0.4 is 5.32 Å². The van der Waals surface area contributed by atoms with Crippen molar-refractivity contribution in [1.29, 1.82) is 0 Å². The summed E-state index contributed by atoms with van der Waals surface area (Å²) in [5.74, 6) is -7.58. The zero-order chi connectivity index (χ0) is 26.4. The Morgan fingerprint density at radius 3 is 1.56 bits per heavy atom. The Balaban J connectivity index is 3.29. The highest BCUT2D eigenvalue weighted by atomic mass is 19.4. The van der Waals surface area contributed by atoms with Gasteiger partial charge in [0.05, 0.1) is 38.9 Å². The van der Waals surface area contributed by atoms with Crippen LogP contribution in [0.5, 0.6) is 0 Å². The third-order valence-electron chi connectivity index (χ3n) is 4.75. The predicted molar refractivity (Wildman–Crippen MR) is 101 cm³/mol. The molecule has 34 heavy (non-hydrogen) atoms. The number of carbonyl (C=O) groups excluding carboxylic acids is 4. The van der Waals surface area contributed by atoms with E-state index in [4.69, 9.17) is 0 Å². The number of halogens is 6. The van der Waals surface area contributed by atoms with Crippen molar-refractivity contribution in [3.63, 3.8) is 0 Å². The van der Waals surface area contributed by atoms with Gasteiger partial charge in [-0.15, -0.1) is 0 Å². The van der Waals surface area contributed by atoms with Crippen molar-refractivity contribution in [3.05, 3.63) is 34.9 Å². The van der Waals surface area contributed by atoms with Gasteiger partial charge in [0.2, 0.25) is 5.91 Å². The molecule has 8 nitrogen and oxygen atoms in total. The fraction of sp³-hybridized carbons (Fsp3) is 0.500. The number of benzene rings is 1. The zero-order valence-electron chi connectivity index (χ0n) is 18.3. The first-order chi connectivity index (χ1) is 15.6. The van der Waals surface area contributed by atoms with Crippen LogP contribution in [0.4, 0.5) is 26.3 Å². The molecule has 1 rings (SSSR count). The van der Waals surface area contributed by atoms with Crippen LogP contribution in [0, 0.1) is 11.8 Å². The number of hydrogen-bond donors (Lipinski definition) is 1. The van der Waals surface area contributed by atoms with Gasteiger partial charge in [0.1, 0.15) is 6.04 Å². The van der Waals surface area contributed by atoms with E-state index in [1.807, 2.05) is 0 Å². The Bertz CT molecular complexity index is 881. The maximum absolute atomic E-state index is 13.0. The molecule has 1 amide bonds. The van der Waals surface area contributed by atoms with Gasteiger partial charge in [0.15, 0.2) is 5.92 Å². The molecule has 1 aromatic rings. The van der Waals surface area contributed by atoms with Gasteiger partial charge < -0.3 is 19.5 Å². The standard InChI is InChI=1S/C20H21F6NO7/c1-9(14(16(29)32-2)17(30)33-3)15(18(31)34-4)27-13(28)7-10-5-11(19(21,22)23)8-12(6-10)20(24,25)26/h5-6,8-9,14-15H,7H2,1-4H3,(H,27,28)/t9-,15+/m1/s1. The summed E-state index contributed by atoms with van der Waals surface area (Å²) >= 11 is 0. The normalized spacial score (nSPS) is 13.6. The molecule has 2 atom stereocenters. The third-order valence-corrected chi connectivity index (χ3v) is 4.75. The zero-order valence-corrected chi connectivity index (χ0v) is 18.3. The van der Waals surface area contributed by atoms with E-state index in [0.717, 1.165) is 21.3 Å². The maximum atomic E-state index is 13.0. The Kier molecular flexibility index (Phi) is 9.46. The average molecular weight is 501 g/mol. The van der Waals surface area contributed by atoms with Gasteiger partial charge in [0, 0.05) is 5.92 Å². The summed E-state index contributed by atoms with van der Waals surface area (Å²) in [5.41, 5.74) is -3.90. The second-order valence-corrected chi connectivity index (χ2v) is 7.04. The number of amides is 1. The summed E-state index contributed by atoms with van der Waals surface area (Å²) in [4.78, 5) is 48.7. The van der Waals surface area contributed by atoms with Gasteiger partial charge in [-0.25, -0.2) is 4.79 Å². The average Bonchev–Trinajstić information content (AvgIpc) is 2.75. The van der Waals surface area contributed by atoms with E-state index in [1.54, 1.807) is 0 Å². The number of alkyl halides is 6. The SMILES string of the molecule is COC(=O)C(C(=O)OC)[C@@H](C)[C@H](NC(=O)Cc1cc(C(F)(F)F)cc(C(F)(F)F)c1)C(=O)OC. The lowest BCUT2D eigenvalue weighted by Crippen LogP contribution is -2.51.